The normalized spacial score (nSPS) is 12.1. The fourth-order valence-electron chi connectivity index (χ4n) is 2.64. The number of carbonyl (C=O) groups is 1. The molecule has 24 heavy (non-hydrogen) atoms. The van der Waals surface area contributed by atoms with Crippen LogP contribution in [0.4, 0.5) is 5.69 Å². The Kier molecular flexibility index (Phi) is 6.45. The van der Waals surface area contributed by atoms with Crippen LogP contribution in [0.2, 0.25) is 0 Å². The molecule has 1 aromatic heterocycles. The topological polar surface area (TPSA) is 75.5 Å². The standard InChI is InChI=1S/C17H21N3O3S/c1-3-19(4-2)16(14-8-9-24-12-14)11-18-17(21)13-6-5-7-15(10-13)20(22)23/h5-10,12,16H,3-4,11H2,1-2H3,(H,18,21). The van der Waals surface area contributed by atoms with Gasteiger partial charge in [-0.05, 0) is 41.5 Å². The Morgan fingerprint density at radius 3 is 2.67 bits per heavy atom. The highest BCUT2D eigenvalue weighted by molar-refractivity contribution is 7.07. The quantitative estimate of drug-likeness (QED) is 0.586. The monoisotopic (exact) mass is 347 g/mol. The van der Waals surface area contributed by atoms with Gasteiger partial charge in [-0.3, -0.25) is 19.8 Å². The summed E-state index contributed by atoms with van der Waals surface area (Å²) in [5, 5.41) is 17.8. The molecule has 1 unspecified atom stereocenters. The summed E-state index contributed by atoms with van der Waals surface area (Å²) in [5.41, 5.74) is 1.39. The fraction of sp³-hybridized carbons (Fsp3) is 0.353. The smallest absolute Gasteiger partial charge is 0.270 e. The number of thiophene rings is 1. The van der Waals surface area contributed by atoms with E-state index in [1.54, 1.807) is 17.4 Å². The second kappa shape index (κ2) is 8.56. The molecular formula is C17H21N3O3S. The number of nitro benzene ring substituents is 1. The van der Waals surface area contributed by atoms with Crippen molar-refractivity contribution in [1.82, 2.24) is 10.2 Å². The molecule has 0 radical (unpaired) electrons. The van der Waals surface area contributed by atoms with Gasteiger partial charge in [0.05, 0.1) is 11.0 Å². The molecular weight excluding hydrogens is 326 g/mol. The molecule has 0 fully saturated rings. The molecule has 0 spiro atoms. The van der Waals surface area contributed by atoms with Gasteiger partial charge in [0.2, 0.25) is 0 Å². The van der Waals surface area contributed by atoms with Crippen LogP contribution in [0.15, 0.2) is 41.1 Å². The molecule has 0 aliphatic carbocycles. The molecule has 7 heteroatoms. The van der Waals surface area contributed by atoms with Gasteiger partial charge in [0.1, 0.15) is 0 Å². The van der Waals surface area contributed by atoms with Crippen molar-refractivity contribution in [3.05, 3.63) is 62.3 Å². The van der Waals surface area contributed by atoms with E-state index in [2.05, 4.69) is 35.5 Å². The SMILES string of the molecule is CCN(CC)C(CNC(=O)c1cccc([N+](=O)[O-])c1)c1ccsc1. The number of hydrogen-bond donors (Lipinski definition) is 1. The summed E-state index contributed by atoms with van der Waals surface area (Å²) >= 11 is 1.63. The first-order valence-electron chi connectivity index (χ1n) is 7.85. The number of rotatable bonds is 8. The first-order valence-corrected chi connectivity index (χ1v) is 8.79. The van der Waals surface area contributed by atoms with E-state index in [9.17, 15) is 14.9 Å². The highest BCUT2D eigenvalue weighted by atomic mass is 32.1. The van der Waals surface area contributed by atoms with Gasteiger partial charge in [0.15, 0.2) is 0 Å². The number of nitrogens with one attached hydrogen (secondary N) is 1. The average molecular weight is 347 g/mol. The number of non-ortho nitro benzene ring substituents is 1. The predicted octanol–water partition coefficient (Wildman–Crippen LogP) is 3.47. The number of nitrogens with zero attached hydrogens (tertiary/aromatic N) is 2. The second-order valence-corrected chi connectivity index (χ2v) is 6.09. The van der Waals surface area contributed by atoms with Crippen molar-refractivity contribution in [2.75, 3.05) is 19.6 Å². The van der Waals surface area contributed by atoms with E-state index in [0.29, 0.717) is 12.1 Å². The third-order valence-electron chi connectivity index (χ3n) is 3.96. The summed E-state index contributed by atoms with van der Waals surface area (Å²) in [7, 11) is 0. The van der Waals surface area contributed by atoms with Gasteiger partial charge >= 0.3 is 0 Å². The Bertz CT molecular complexity index is 684. The van der Waals surface area contributed by atoms with Crippen LogP contribution in [0, 0.1) is 10.1 Å². The van der Waals surface area contributed by atoms with Gasteiger partial charge in [0.25, 0.3) is 11.6 Å². The predicted molar refractivity (Wildman–Crippen MR) is 95.4 cm³/mol. The number of hydrogen-bond acceptors (Lipinski definition) is 5. The Hall–Kier alpha value is -2.25. The van der Waals surface area contributed by atoms with Crippen LogP contribution in [0.3, 0.4) is 0 Å². The van der Waals surface area contributed by atoms with Gasteiger partial charge in [-0.2, -0.15) is 11.3 Å². The molecule has 0 bridgehead atoms. The molecule has 0 aliphatic heterocycles. The first-order chi connectivity index (χ1) is 11.6. The zero-order valence-corrected chi connectivity index (χ0v) is 14.6. The van der Waals surface area contributed by atoms with Crippen LogP contribution in [-0.4, -0.2) is 35.4 Å². The van der Waals surface area contributed by atoms with E-state index in [1.165, 1.54) is 23.8 Å². The van der Waals surface area contributed by atoms with Crippen molar-refractivity contribution in [2.45, 2.75) is 19.9 Å². The van der Waals surface area contributed by atoms with Crippen LogP contribution in [0.1, 0.15) is 35.8 Å². The second-order valence-electron chi connectivity index (χ2n) is 5.31. The lowest BCUT2D eigenvalue weighted by Crippen LogP contribution is -2.37. The molecule has 0 saturated heterocycles. The number of carbonyl (C=O) groups excluding carboxylic acids is 1. The van der Waals surface area contributed by atoms with Crippen LogP contribution >= 0.6 is 11.3 Å². The lowest BCUT2D eigenvalue weighted by molar-refractivity contribution is -0.384. The molecule has 0 aliphatic rings. The molecule has 128 valence electrons. The number of benzene rings is 1. The van der Waals surface area contributed by atoms with Crippen LogP contribution in [-0.2, 0) is 0 Å². The maximum Gasteiger partial charge on any atom is 0.270 e. The van der Waals surface area contributed by atoms with E-state index in [0.717, 1.165) is 13.1 Å². The van der Waals surface area contributed by atoms with Crippen LogP contribution in [0.5, 0.6) is 0 Å². The van der Waals surface area contributed by atoms with Crippen LogP contribution in [0.25, 0.3) is 0 Å². The maximum absolute atomic E-state index is 12.3. The van der Waals surface area contributed by atoms with Gasteiger partial charge in [-0.1, -0.05) is 19.9 Å². The third-order valence-corrected chi connectivity index (χ3v) is 4.66. The zero-order valence-electron chi connectivity index (χ0n) is 13.8. The van der Waals surface area contributed by atoms with E-state index < -0.39 is 4.92 Å². The summed E-state index contributed by atoms with van der Waals surface area (Å²) < 4.78 is 0. The summed E-state index contributed by atoms with van der Waals surface area (Å²) in [5.74, 6) is -0.300. The Labute approximate surface area is 145 Å². The summed E-state index contributed by atoms with van der Waals surface area (Å²) in [6, 6.07) is 7.93. The van der Waals surface area contributed by atoms with Crippen molar-refractivity contribution in [2.24, 2.45) is 0 Å². The number of nitro groups is 1. The Morgan fingerprint density at radius 1 is 1.33 bits per heavy atom. The Morgan fingerprint density at radius 2 is 2.08 bits per heavy atom. The molecule has 1 aromatic carbocycles. The average Bonchev–Trinajstić information content (AvgIpc) is 3.12. The van der Waals surface area contributed by atoms with Crippen molar-refractivity contribution in [3.8, 4) is 0 Å². The van der Waals surface area contributed by atoms with E-state index in [-0.39, 0.29) is 17.6 Å². The lowest BCUT2D eigenvalue weighted by Gasteiger charge is -2.29. The summed E-state index contributed by atoms with van der Waals surface area (Å²) in [6.07, 6.45) is 0. The zero-order chi connectivity index (χ0) is 17.5. The maximum atomic E-state index is 12.3. The first kappa shape index (κ1) is 18.1. The lowest BCUT2D eigenvalue weighted by atomic mass is 10.1. The summed E-state index contributed by atoms with van der Waals surface area (Å²) in [6.45, 7) is 6.39. The number of amides is 1. The minimum absolute atomic E-state index is 0.0826. The van der Waals surface area contributed by atoms with Crippen molar-refractivity contribution >= 4 is 22.9 Å². The highest BCUT2D eigenvalue weighted by Crippen LogP contribution is 2.22. The van der Waals surface area contributed by atoms with E-state index in [1.807, 2.05) is 5.38 Å². The number of likely N-dealkylation sites (N-methyl/N-ethyl adjacent to an activating group) is 1. The largest absolute Gasteiger partial charge is 0.350 e. The van der Waals surface area contributed by atoms with Gasteiger partial charge in [-0.25, -0.2) is 0 Å². The molecule has 2 aromatic rings. The molecule has 0 saturated carbocycles. The van der Waals surface area contributed by atoms with E-state index >= 15 is 0 Å². The summed E-state index contributed by atoms with van der Waals surface area (Å²) in [4.78, 5) is 25.0. The fourth-order valence-corrected chi connectivity index (χ4v) is 3.35. The third kappa shape index (κ3) is 4.39. The minimum Gasteiger partial charge on any atom is -0.350 e. The highest BCUT2D eigenvalue weighted by Gasteiger charge is 2.20. The molecule has 1 amide bonds. The van der Waals surface area contributed by atoms with E-state index in [4.69, 9.17) is 0 Å². The molecule has 2 rings (SSSR count). The molecule has 1 heterocycles. The van der Waals surface area contributed by atoms with Gasteiger partial charge in [-0.15, -0.1) is 0 Å². The minimum atomic E-state index is -0.499. The van der Waals surface area contributed by atoms with Crippen molar-refractivity contribution in [1.29, 1.82) is 0 Å². The van der Waals surface area contributed by atoms with Crippen LogP contribution < -0.4 is 5.32 Å². The van der Waals surface area contributed by atoms with Crippen molar-refractivity contribution < 1.29 is 9.72 Å². The molecule has 1 N–H and O–H groups in total. The molecule has 1 atom stereocenters. The Balaban J connectivity index is 2.10. The van der Waals surface area contributed by atoms with Gasteiger partial charge in [0, 0.05) is 24.2 Å². The molecule has 6 nitrogen and oxygen atoms in total. The van der Waals surface area contributed by atoms with Gasteiger partial charge < -0.3 is 5.32 Å². The van der Waals surface area contributed by atoms with Crippen molar-refractivity contribution in [3.63, 3.8) is 0 Å².